The molecule has 1 saturated heterocycles. The number of hydrogen-bond acceptors (Lipinski definition) is 5. The number of nitrogens with one attached hydrogen (secondary N) is 1. The molecule has 1 N–H and O–H groups in total. The first-order valence-electron chi connectivity index (χ1n) is 11.5. The molecule has 0 unspecified atom stereocenters. The van der Waals surface area contributed by atoms with E-state index in [0.29, 0.717) is 11.4 Å². The second kappa shape index (κ2) is 9.89. The predicted molar refractivity (Wildman–Crippen MR) is 132 cm³/mol. The molecule has 5 aromatic rings. The van der Waals surface area contributed by atoms with Crippen LogP contribution in [0.4, 0.5) is 4.39 Å². The molecule has 1 amide bonds. The number of hydrogen-bond donors (Lipinski definition) is 1. The minimum absolute atomic E-state index is 0.225. The van der Waals surface area contributed by atoms with Crippen molar-refractivity contribution in [3.05, 3.63) is 79.0 Å². The Morgan fingerprint density at radius 1 is 1.00 bits per heavy atom. The minimum atomic E-state index is -0.286. The number of aromatic amines is 1. The SMILES string of the molecule is CC(=O)N1CCCC1.Fc1ccc(-c2[nH]ncc2-c2ncnc3oc(-c4ccccc4)cc23)cc1. The normalized spacial score (nSPS) is 13.0. The van der Waals surface area contributed by atoms with Gasteiger partial charge in [-0.15, -0.1) is 0 Å². The predicted octanol–water partition coefficient (Wildman–Crippen LogP) is 5.71. The lowest BCUT2D eigenvalue weighted by Crippen LogP contribution is -2.24. The maximum atomic E-state index is 13.3. The molecular weight excluding hydrogens is 445 g/mol. The van der Waals surface area contributed by atoms with Gasteiger partial charge >= 0.3 is 0 Å². The maximum Gasteiger partial charge on any atom is 0.230 e. The molecule has 6 rings (SSSR count). The van der Waals surface area contributed by atoms with Crippen molar-refractivity contribution < 1.29 is 13.6 Å². The number of rotatable bonds is 3. The highest BCUT2D eigenvalue weighted by Crippen LogP contribution is 2.35. The number of carbonyl (C=O) groups excluding carboxylic acids is 1. The van der Waals surface area contributed by atoms with Gasteiger partial charge in [-0.05, 0) is 43.2 Å². The van der Waals surface area contributed by atoms with Crippen molar-refractivity contribution in [1.29, 1.82) is 0 Å². The third-order valence-corrected chi connectivity index (χ3v) is 5.97. The van der Waals surface area contributed by atoms with Gasteiger partial charge in [0.15, 0.2) is 0 Å². The highest BCUT2D eigenvalue weighted by atomic mass is 19.1. The quantitative estimate of drug-likeness (QED) is 0.365. The van der Waals surface area contributed by atoms with E-state index in [4.69, 9.17) is 4.42 Å². The maximum absolute atomic E-state index is 13.3. The van der Waals surface area contributed by atoms with Crippen molar-refractivity contribution >= 4 is 17.0 Å². The van der Waals surface area contributed by atoms with E-state index >= 15 is 0 Å². The first-order valence-corrected chi connectivity index (χ1v) is 11.5. The zero-order valence-corrected chi connectivity index (χ0v) is 19.2. The van der Waals surface area contributed by atoms with Crippen molar-refractivity contribution in [2.24, 2.45) is 0 Å². The second-order valence-corrected chi connectivity index (χ2v) is 8.30. The number of likely N-dealkylation sites (tertiary alicyclic amines) is 1. The molecular formula is C27H24FN5O2. The summed E-state index contributed by atoms with van der Waals surface area (Å²) in [5, 5.41) is 7.93. The first kappa shape index (κ1) is 22.5. The summed E-state index contributed by atoms with van der Waals surface area (Å²) >= 11 is 0. The number of halogens is 1. The van der Waals surface area contributed by atoms with Gasteiger partial charge in [-0.1, -0.05) is 30.3 Å². The number of fused-ring (bicyclic) bond motifs is 1. The summed E-state index contributed by atoms with van der Waals surface area (Å²) in [5.41, 5.74) is 4.56. The van der Waals surface area contributed by atoms with Crippen molar-refractivity contribution in [1.82, 2.24) is 25.1 Å². The summed E-state index contributed by atoms with van der Waals surface area (Å²) in [7, 11) is 0. The average molecular weight is 470 g/mol. The topological polar surface area (TPSA) is 87.9 Å². The van der Waals surface area contributed by atoms with Crippen LogP contribution in [0, 0.1) is 5.82 Å². The van der Waals surface area contributed by atoms with Crippen LogP contribution in [-0.4, -0.2) is 44.1 Å². The van der Waals surface area contributed by atoms with E-state index in [1.54, 1.807) is 25.3 Å². The highest BCUT2D eigenvalue weighted by Gasteiger charge is 2.18. The smallest absolute Gasteiger partial charge is 0.230 e. The van der Waals surface area contributed by atoms with Gasteiger partial charge in [0.05, 0.1) is 23.0 Å². The number of furan rings is 1. The van der Waals surface area contributed by atoms with Gasteiger partial charge < -0.3 is 9.32 Å². The number of H-pyrrole nitrogens is 1. The summed E-state index contributed by atoms with van der Waals surface area (Å²) in [6.07, 6.45) is 5.56. The largest absolute Gasteiger partial charge is 0.438 e. The molecule has 35 heavy (non-hydrogen) atoms. The molecule has 0 spiro atoms. The molecule has 176 valence electrons. The minimum Gasteiger partial charge on any atom is -0.438 e. The molecule has 0 aliphatic carbocycles. The van der Waals surface area contributed by atoms with Gasteiger partial charge in [0, 0.05) is 36.7 Å². The summed E-state index contributed by atoms with van der Waals surface area (Å²) in [6.45, 7) is 3.59. The van der Waals surface area contributed by atoms with Crippen LogP contribution in [-0.2, 0) is 4.79 Å². The third-order valence-electron chi connectivity index (χ3n) is 5.97. The Morgan fingerprint density at radius 3 is 2.43 bits per heavy atom. The van der Waals surface area contributed by atoms with E-state index in [9.17, 15) is 9.18 Å². The zero-order chi connectivity index (χ0) is 24.2. The molecule has 4 heterocycles. The van der Waals surface area contributed by atoms with Crippen LogP contribution in [0.15, 0.2) is 77.6 Å². The fourth-order valence-electron chi connectivity index (χ4n) is 4.15. The van der Waals surface area contributed by atoms with Crippen LogP contribution in [0.1, 0.15) is 19.8 Å². The Morgan fingerprint density at radius 2 is 1.74 bits per heavy atom. The fourth-order valence-corrected chi connectivity index (χ4v) is 4.15. The summed E-state index contributed by atoms with van der Waals surface area (Å²) in [6, 6.07) is 18.0. The van der Waals surface area contributed by atoms with E-state index in [1.807, 2.05) is 41.3 Å². The Hall–Kier alpha value is -4.33. The van der Waals surface area contributed by atoms with Crippen molar-refractivity contribution in [2.75, 3.05) is 13.1 Å². The molecule has 8 heteroatoms. The third kappa shape index (κ3) is 4.82. The van der Waals surface area contributed by atoms with Crippen LogP contribution in [0.2, 0.25) is 0 Å². The lowest BCUT2D eigenvalue weighted by atomic mass is 10.0. The van der Waals surface area contributed by atoms with Gasteiger partial charge in [0.1, 0.15) is 17.9 Å². The van der Waals surface area contributed by atoms with E-state index in [2.05, 4.69) is 20.2 Å². The molecule has 0 radical (unpaired) electrons. The first-order chi connectivity index (χ1) is 17.1. The Balaban J connectivity index is 0.000000271. The summed E-state index contributed by atoms with van der Waals surface area (Å²) in [5.74, 6) is 0.660. The number of carbonyl (C=O) groups is 1. The van der Waals surface area contributed by atoms with E-state index < -0.39 is 0 Å². The van der Waals surface area contributed by atoms with Gasteiger partial charge in [0.2, 0.25) is 11.6 Å². The lowest BCUT2D eigenvalue weighted by molar-refractivity contribution is -0.127. The number of benzene rings is 2. The second-order valence-electron chi connectivity index (χ2n) is 8.30. The van der Waals surface area contributed by atoms with Crippen molar-refractivity contribution in [3.63, 3.8) is 0 Å². The van der Waals surface area contributed by atoms with Gasteiger partial charge in [0.25, 0.3) is 0 Å². The molecule has 0 bridgehead atoms. The Labute approximate surface area is 201 Å². The van der Waals surface area contributed by atoms with Crippen LogP contribution >= 0.6 is 0 Å². The van der Waals surface area contributed by atoms with E-state index in [-0.39, 0.29) is 11.7 Å². The van der Waals surface area contributed by atoms with Gasteiger partial charge in [-0.25, -0.2) is 14.4 Å². The van der Waals surface area contributed by atoms with Gasteiger partial charge in [-0.2, -0.15) is 5.10 Å². The van der Waals surface area contributed by atoms with Crippen molar-refractivity contribution in [2.45, 2.75) is 19.8 Å². The van der Waals surface area contributed by atoms with Crippen LogP contribution < -0.4 is 0 Å². The summed E-state index contributed by atoms with van der Waals surface area (Å²) < 4.78 is 19.2. The number of nitrogens with zero attached hydrogens (tertiary/aromatic N) is 4. The van der Waals surface area contributed by atoms with E-state index in [1.165, 1.54) is 31.3 Å². The zero-order valence-electron chi connectivity index (χ0n) is 19.2. The standard InChI is InChI=1S/C21H13FN4O.C6H11NO/c22-15-8-6-14(7-9-15)19-17(11-25-26-19)20-16-10-18(13-4-2-1-3-5-13)27-21(16)24-12-23-20;1-6(8)7-4-2-3-5-7/h1-12H,(H,25,26);2-5H2,1H3. The molecule has 1 aliphatic heterocycles. The molecule has 2 aromatic carbocycles. The molecule has 1 aliphatic rings. The van der Waals surface area contributed by atoms with E-state index in [0.717, 1.165) is 46.6 Å². The summed E-state index contributed by atoms with van der Waals surface area (Å²) in [4.78, 5) is 21.2. The molecule has 0 atom stereocenters. The van der Waals surface area contributed by atoms with Crippen molar-refractivity contribution in [3.8, 4) is 33.8 Å². The lowest BCUT2D eigenvalue weighted by Gasteiger charge is -2.10. The Bertz CT molecular complexity index is 1440. The number of amides is 1. The highest BCUT2D eigenvalue weighted by molar-refractivity contribution is 5.95. The molecule has 3 aromatic heterocycles. The van der Waals surface area contributed by atoms with Crippen LogP contribution in [0.25, 0.3) is 44.9 Å². The monoisotopic (exact) mass is 469 g/mol. The molecule has 0 saturated carbocycles. The fraction of sp³-hybridized carbons (Fsp3) is 0.185. The van der Waals surface area contributed by atoms with Gasteiger partial charge in [-0.3, -0.25) is 9.89 Å². The molecule has 1 fully saturated rings. The number of aromatic nitrogens is 4. The Kier molecular flexibility index (Phi) is 6.34. The van der Waals surface area contributed by atoms with Crippen LogP contribution in [0.3, 0.4) is 0 Å². The molecule has 7 nitrogen and oxygen atoms in total. The van der Waals surface area contributed by atoms with Crippen LogP contribution in [0.5, 0.6) is 0 Å². The average Bonchev–Trinajstić information content (AvgIpc) is 3.66.